The van der Waals surface area contributed by atoms with Crippen LogP contribution in [0.15, 0.2) is 24.3 Å². The Morgan fingerprint density at radius 1 is 1.30 bits per heavy atom. The molecule has 1 aromatic carbocycles. The first-order chi connectivity index (χ1) is 12.7. The molecule has 1 aliphatic carbocycles. The van der Waals surface area contributed by atoms with Gasteiger partial charge in [0.05, 0.1) is 50.0 Å². The first kappa shape index (κ1) is 7.81. The number of nitrogens with one attached hydrogen (secondary N) is 1. The summed E-state index contributed by atoms with van der Waals surface area (Å²) in [5, 5.41) is 11.4. The molecule has 3 heteroatoms. The molecule has 0 saturated heterocycles. The quantitative estimate of drug-likeness (QED) is 0.862. The Bertz CT molecular complexity index is 637. The third-order valence-corrected chi connectivity index (χ3v) is 3.99. The van der Waals surface area contributed by atoms with Crippen molar-refractivity contribution in [1.29, 1.82) is 0 Å². The summed E-state index contributed by atoms with van der Waals surface area (Å²) in [7, 11) is 1.48. The van der Waals surface area contributed by atoms with E-state index in [4.69, 9.17) is 15.7 Å². The molecule has 1 aromatic rings. The molecule has 0 aliphatic heterocycles. The molecule has 20 heavy (non-hydrogen) atoms. The highest BCUT2D eigenvalue weighted by atomic mass is 16.5. The van der Waals surface area contributed by atoms with Gasteiger partial charge in [0, 0.05) is 0 Å². The van der Waals surface area contributed by atoms with E-state index in [1.807, 2.05) is 0 Å². The van der Waals surface area contributed by atoms with Crippen LogP contribution in [0.1, 0.15) is 54.6 Å². The van der Waals surface area contributed by atoms with Crippen molar-refractivity contribution in [1.82, 2.24) is 0 Å². The Morgan fingerprint density at radius 2 is 1.95 bits per heavy atom. The van der Waals surface area contributed by atoms with Gasteiger partial charge in [0.15, 0.2) is 0 Å². The highest BCUT2D eigenvalue weighted by Crippen LogP contribution is 2.39. The first-order valence-corrected chi connectivity index (χ1v) is 6.98. The van der Waals surface area contributed by atoms with Crippen molar-refractivity contribution in [2.75, 3.05) is 27.6 Å². The lowest BCUT2D eigenvalue weighted by molar-refractivity contribution is -0.860. The molecule has 0 unspecified atom stereocenters. The molecule has 112 valence electrons. The average molecular weight is 286 g/mol. The summed E-state index contributed by atoms with van der Waals surface area (Å²) in [6, 6.07) is 6.30. The molecular formula is C17H28NO2+. The monoisotopic (exact) mass is 286 g/mol. The highest BCUT2D eigenvalue weighted by Gasteiger charge is 2.40. The first-order valence-electron chi connectivity index (χ1n) is 11.0. The van der Waals surface area contributed by atoms with Gasteiger partial charge in [-0.3, -0.25) is 0 Å². The van der Waals surface area contributed by atoms with Crippen molar-refractivity contribution in [3.63, 3.8) is 0 Å². The number of methoxy groups -OCH3 is 1. The van der Waals surface area contributed by atoms with E-state index in [9.17, 15) is 5.11 Å². The number of benzene rings is 1. The molecule has 2 N–H and O–H groups in total. The van der Waals surface area contributed by atoms with Crippen molar-refractivity contribution in [3.05, 3.63) is 29.8 Å². The summed E-state index contributed by atoms with van der Waals surface area (Å²) in [4.78, 5) is -1.15. The zero-order valence-corrected chi connectivity index (χ0v) is 11.8. The van der Waals surface area contributed by atoms with E-state index in [0.717, 1.165) is 6.42 Å². The fourth-order valence-electron chi connectivity index (χ4n) is 2.92. The fraction of sp³-hybridized carbons (Fsp3) is 0.647. The van der Waals surface area contributed by atoms with Crippen molar-refractivity contribution in [2.45, 2.75) is 43.6 Å². The summed E-state index contributed by atoms with van der Waals surface area (Å²) in [6.45, 7) is -9.05. The maximum absolute atomic E-state index is 11.4. The molecule has 1 atom stereocenters. The summed E-state index contributed by atoms with van der Waals surface area (Å²) in [6.07, 6.45) is 2.76. The van der Waals surface area contributed by atoms with E-state index < -0.39 is 36.9 Å². The summed E-state index contributed by atoms with van der Waals surface area (Å²) >= 11 is 0. The second-order valence-electron chi connectivity index (χ2n) is 5.39. The van der Waals surface area contributed by atoms with Crippen molar-refractivity contribution in [2.24, 2.45) is 0 Å². The predicted molar refractivity (Wildman–Crippen MR) is 81.4 cm³/mol. The Labute approximate surface area is 133 Å². The maximum atomic E-state index is 11.4. The summed E-state index contributed by atoms with van der Waals surface area (Å²) < 4.78 is 68.6. The van der Waals surface area contributed by atoms with Crippen molar-refractivity contribution >= 4 is 0 Å². The number of aliphatic hydroxyl groups is 1. The van der Waals surface area contributed by atoms with Crippen LogP contribution >= 0.6 is 0 Å². The van der Waals surface area contributed by atoms with Crippen LogP contribution in [0.25, 0.3) is 0 Å². The summed E-state index contributed by atoms with van der Waals surface area (Å²) in [5.74, 6) is -0.809. The SMILES string of the molecule is [2H]C([2H])([2H])[NH+](C([2H])([2H])[2H])C([2H])([2H])[C@@H](c1ccc(OC)cc1)C1(O)CCCCC1. The van der Waals surface area contributed by atoms with Crippen LogP contribution in [-0.2, 0) is 0 Å². The average Bonchev–Trinajstić information content (AvgIpc) is 2.52. The zero-order valence-electron chi connectivity index (χ0n) is 19.8. The fourth-order valence-corrected chi connectivity index (χ4v) is 2.92. The minimum atomic E-state index is -3.13. The molecule has 2 rings (SSSR count). The van der Waals surface area contributed by atoms with Crippen molar-refractivity contribution in [3.8, 4) is 5.75 Å². The van der Waals surface area contributed by atoms with E-state index >= 15 is 0 Å². The van der Waals surface area contributed by atoms with Gasteiger partial charge in [-0.1, -0.05) is 31.4 Å². The molecule has 0 radical (unpaired) electrons. The standard InChI is InChI=1S/C17H27NO2/c1-18(2)13-16(17(19)11-5-4-6-12-17)14-7-9-15(20-3)10-8-14/h7-10,16,19H,4-6,11-13H2,1-3H3/p+1/t16-/m0/s1/i1D3,2D3,13D2. The van der Waals surface area contributed by atoms with E-state index in [1.54, 1.807) is 24.3 Å². The molecule has 0 aromatic heterocycles. The number of quaternary nitrogens is 1. The minimum absolute atomic E-state index is 0.276. The minimum Gasteiger partial charge on any atom is -0.497 e. The van der Waals surface area contributed by atoms with Gasteiger partial charge in [0.1, 0.15) is 5.75 Å². The lowest BCUT2D eigenvalue weighted by Crippen LogP contribution is -3.06. The molecule has 0 heterocycles. The maximum Gasteiger partial charge on any atom is 0.118 e. The molecule has 1 fully saturated rings. The molecule has 1 aliphatic rings. The topological polar surface area (TPSA) is 33.9 Å². The highest BCUT2D eigenvalue weighted by molar-refractivity contribution is 5.31. The number of hydrogen-bond donors (Lipinski definition) is 2. The molecule has 0 spiro atoms. The molecule has 0 bridgehead atoms. The lowest BCUT2D eigenvalue weighted by Gasteiger charge is -2.39. The van der Waals surface area contributed by atoms with Gasteiger partial charge in [-0.25, -0.2) is 0 Å². The number of ether oxygens (including phenoxy) is 1. The number of hydrogen-bond acceptors (Lipinski definition) is 2. The van der Waals surface area contributed by atoms with E-state index in [-0.39, 0.29) is 12.8 Å². The summed E-state index contributed by atoms with van der Waals surface area (Å²) in [5.41, 5.74) is -1.20. The molecular weight excluding hydrogens is 250 g/mol. The van der Waals surface area contributed by atoms with Gasteiger partial charge in [0.2, 0.25) is 0 Å². The van der Waals surface area contributed by atoms with E-state index in [0.29, 0.717) is 24.2 Å². The van der Waals surface area contributed by atoms with Crippen LogP contribution in [-0.4, -0.2) is 38.3 Å². The van der Waals surface area contributed by atoms with Crippen LogP contribution in [0.5, 0.6) is 5.75 Å². The zero-order chi connectivity index (χ0) is 21.4. The second-order valence-corrected chi connectivity index (χ2v) is 5.39. The largest absolute Gasteiger partial charge is 0.497 e. The van der Waals surface area contributed by atoms with E-state index in [1.165, 1.54) is 7.11 Å². The van der Waals surface area contributed by atoms with Crippen molar-refractivity contribution < 1.29 is 25.7 Å². The van der Waals surface area contributed by atoms with Gasteiger partial charge >= 0.3 is 0 Å². The Kier molecular flexibility index (Phi) is 2.57. The number of likely N-dealkylation sites (N-methyl/N-ethyl adjacent to an activating group) is 1. The Morgan fingerprint density at radius 3 is 2.50 bits per heavy atom. The van der Waals surface area contributed by atoms with Gasteiger partial charge in [-0.05, 0) is 30.5 Å². The van der Waals surface area contributed by atoms with Crippen LogP contribution in [0.2, 0.25) is 0 Å². The smallest absolute Gasteiger partial charge is 0.118 e. The van der Waals surface area contributed by atoms with Gasteiger partial charge < -0.3 is 14.7 Å². The predicted octanol–water partition coefficient (Wildman–Crippen LogP) is 1.62. The molecule has 0 amide bonds. The molecule has 3 nitrogen and oxygen atoms in total. The molecule has 1 saturated carbocycles. The van der Waals surface area contributed by atoms with Crippen LogP contribution in [0.3, 0.4) is 0 Å². The lowest BCUT2D eigenvalue weighted by atomic mass is 9.72. The Hall–Kier alpha value is -1.06. The van der Waals surface area contributed by atoms with Crippen LogP contribution in [0, 0.1) is 0 Å². The van der Waals surface area contributed by atoms with Crippen LogP contribution < -0.4 is 9.64 Å². The second kappa shape index (κ2) is 6.59. The number of rotatable bonds is 5. The van der Waals surface area contributed by atoms with Gasteiger partial charge in [0.25, 0.3) is 0 Å². The van der Waals surface area contributed by atoms with Gasteiger partial charge in [-0.2, -0.15) is 0 Å². The van der Waals surface area contributed by atoms with Gasteiger partial charge in [-0.15, -0.1) is 0 Å². The Balaban J connectivity index is 2.64. The van der Waals surface area contributed by atoms with Crippen LogP contribution in [0.4, 0.5) is 0 Å². The third kappa shape index (κ3) is 3.53. The third-order valence-electron chi connectivity index (χ3n) is 3.99. The normalized spacial score (nSPS) is 27.8. The van der Waals surface area contributed by atoms with E-state index in [2.05, 4.69) is 0 Å².